The number of thiophene rings is 1. The summed E-state index contributed by atoms with van der Waals surface area (Å²) >= 11 is 1.52. The predicted molar refractivity (Wildman–Crippen MR) is 35.4 cm³/mol. The number of hydrogen-bond donors (Lipinski definition) is 0. The minimum absolute atomic E-state index is 0.124. The van der Waals surface area contributed by atoms with Crippen molar-refractivity contribution >= 4 is 15.1 Å². The van der Waals surface area contributed by atoms with Crippen molar-refractivity contribution in [3.05, 3.63) is 17.5 Å². The van der Waals surface area contributed by atoms with Crippen molar-refractivity contribution in [2.75, 3.05) is 0 Å². The van der Waals surface area contributed by atoms with Crippen molar-refractivity contribution in [2.45, 2.75) is 5.82 Å². The summed E-state index contributed by atoms with van der Waals surface area (Å²) in [4.78, 5) is 2.20. The first kappa shape index (κ1) is 6.82. The summed E-state index contributed by atoms with van der Waals surface area (Å²) < 4.78 is 1.17. The van der Waals surface area contributed by atoms with Gasteiger partial charge < -0.3 is 0 Å². The van der Waals surface area contributed by atoms with Gasteiger partial charge in [-0.1, -0.05) is 0 Å². The molecule has 0 bridgehead atoms. The van der Waals surface area contributed by atoms with Crippen LogP contribution in [0.25, 0.3) is 0 Å². The Balaban J connectivity index is 2.80. The summed E-state index contributed by atoms with van der Waals surface area (Å²) in [5.41, 5.74) is 0. The van der Waals surface area contributed by atoms with Crippen LogP contribution < -0.4 is 3.78 Å². The number of hydrogen-bond acceptors (Lipinski definition) is 2. The van der Waals surface area contributed by atoms with Crippen LogP contribution in [-0.4, -0.2) is 0 Å². The van der Waals surface area contributed by atoms with E-state index in [1.54, 1.807) is 11.3 Å². The third-order valence-electron chi connectivity index (χ3n) is 0.789. The van der Waals surface area contributed by atoms with Crippen molar-refractivity contribution < 1.29 is 13.9 Å². The third kappa shape index (κ3) is 1.56. The minimum atomic E-state index is -0.124. The van der Waals surface area contributed by atoms with Crippen LogP contribution in [0.2, 0.25) is 5.82 Å². The Morgan fingerprint density at radius 2 is 2.56 bits per heavy atom. The molecule has 0 saturated carbocycles. The Bertz CT molecular complexity index is 211. The molecule has 0 radical (unpaired) electrons. The predicted octanol–water partition coefficient (Wildman–Crippen LogP) is 1.52. The SMILES string of the molecule is [CH3][Cu]([C]#N)[c]1cccs1. The monoisotopic (exact) mass is 187 g/mol. The molecule has 0 spiro atoms. The molecule has 0 N–H and O–H groups in total. The van der Waals surface area contributed by atoms with Gasteiger partial charge in [0.15, 0.2) is 0 Å². The van der Waals surface area contributed by atoms with Gasteiger partial charge in [-0.25, -0.2) is 0 Å². The van der Waals surface area contributed by atoms with Gasteiger partial charge in [0.25, 0.3) is 0 Å². The van der Waals surface area contributed by atoms with Crippen LogP contribution >= 0.6 is 11.3 Å². The van der Waals surface area contributed by atoms with Crippen LogP contribution in [0, 0.1) is 10.2 Å². The van der Waals surface area contributed by atoms with Gasteiger partial charge in [0, 0.05) is 0 Å². The van der Waals surface area contributed by atoms with Crippen molar-refractivity contribution in [1.29, 1.82) is 5.26 Å². The first-order valence-electron chi connectivity index (χ1n) is 2.22. The van der Waals surface area contributed by atoms with E-state index < -0.39 is 0 Å². The van der Waals surface area contributed by atoms with Crippen molar-refractivity contribution in [3.8, 4) is 4.97 Å². The molecule has 1 rings (SSSR count). The van der Waals surface area contributed by atoms with Gasteiger partial charge in [0.2, 0.25) is 0 Å². The zero-order chi connectivity index (χ0) is 6.69. The van der Waals surface area contributed by atoms with Gasteiger partial charge in [-0.3, -0.25) is 0 Å². The molecule has 0 aliphatic heterocycles. The van der Waals surface area contributed by atoms with Crippen LogP contribution in [0.4, 0.5) is 0 Å². The second-order valence-electron chi connectivity index (χ2n) is 1.32. The zero-order valence-corrected chi connectivity index (χ0v) is 6.65. The molecule has 0 aliphatic carbocycles. The molecule has 0 fully saturated rings. The van der Waals surface area contributed by atoms with Crippen molar-refractivity contribution in [2.24, 2.45) is 0 Å². The van der Waals surface area contributed by atoms with E-state index in [0.717, 1.165) is 0 Å². The molecule has 1 aromatic heterocycles. The maximum atomic E-state index is 8.47. The van der Waals surface area contributed by atoms with E-state index in [-0.39, 0.29) is 13.9 Å². The molecule has 1 heterocycles. The first-order chi connectivity index (χ1) is 4.34. The number of nitrogens with zero attached hydrogens (tertiary/aromatic N) is 1. The summed E-state index contributed by atoms with van der Waals surface area (Å²) in [6, 6.07) is 3.97. The normalized spacial score (nSPS) is 10.4. The molecule has 0 saturated heterocycles. The quantitative estimate of drug-likeness (QED) is 0.612. The van der Waals surface area contributed by atoms with Crippen molar-refractivity contribution in [3.63, 3.8) is 0 Å². The van der Waals surface area contributed by atoms with Crippen LogP contribution in [0.3, 0.4) is 0 Å². The summed E-state index contributed by atoms with van der Waals surface area (Å²) in [6.45, 7) is 0. The topological polar surface area (TPSA) is 23.8 Å². The molecule has 0 aromatic carbocycles. The molecular weight excluding hydrogens is 182 g/mol. The molecule has 9 heavy (non-hydrogen) atoms. The second kappa shape index (κ2) is 3.03. The molecular formula is C6H6CuNS. The van der Waals surface area contributed by atoms with E-state index in [1.807, 2.05) is 23.3 Å². The van der Waals surface area contributed by atoms with Gasteiger partial charge in [0.1, 0.15) is 0 Å². The van der Waals surface area contributed by atoms with Gasteiger partial charge in [0.05, 0.1) is 0 Å². The Labute approximate surface area is 62.8 Å². The summed E-state index contributed by atoms with van der Waals surface area (Å²) in [5.74, 6) is 1.93. The fourth-order valence-corrected chi connectivity index (χ4v) is 2.18. The van der Waals surface area contributed by atoms with Crippen LogP contribution in [0.5, 0.6) is 0 Å². The average molecular weight is 188 g/mol. The van der Waals surface area contributed by atoms with E-state index in [2.05, 4.69) is 4.97 Å². The first-order valence-corrected chi connectivity index (χ1v) is 4.98. The van der Waals surface area contributed by atoms with E-state index in [9.17, 15) is 0 Å². The fraction of sp³-hybridized carbons (Fsp3) is 0.167. The Kier molecular flexibility index (Phi) is 2.29. The van der Waals surface area contributed by atoms with Gasteiger partial charge in [-0.05, 0) is 0 Å². The van der Waals surface area contributed by atoms with Crippen LogP contribution in [0.15, 0.2) is 17.5 Å². The van der Waals surface area contributed by atoms with Gasteiger partial charge in [-0.15, -0.1) is 0 Å². The van der Waals surface area contributed by atoms with Crippen molar-refractivity contribution in [1.82, 2.24) is 0 Å². The number of rotatable bonds is 1. The Morgan fingerprint density at radius 3 is 3.00 bits per heavy atom. The standard InChI is InChI=1S/C4H3S.CN.CH3.Cu/c1-2-4-5-3-1;1-2;;/h1-3H;;1H3;. The Morgan fingerprint density at radius 1 is 1.78 bits per heavy atom. The van der Waals surface area contributed by atoms with E-state index in [4.69, 9.17) is 5.26 Å². The van der Waals surface area contributed by atoms with E-state index in [0.29, 0.717) is 0 Å². The molecule has 0 aliphatic rings. The summed E-state index contributed by atoms with van der Waals surface area (Å²) in [6.07, 6.45) is 0. The van der Waals surface area contributed by atoms with Gasteiger partial charge in [-0.2, -0.15) is 0 Å². The maximum absolute atomic E-state index is 8.47. The molecule has 0 amide bonds. The third-order valence-corrected chi connectivity index (χ3v) is 3.69. The van der Waals surface area contributed by atoms with E-state index in [1.165, 1.54) is 3.78 Å². The molecule has 0 atom stereocenters. The second-order valence-corrected chi connectivity index (χ2v) is 4.43. The van der Waals surface area contributed by atoms with Crippen LogP contribution in [0.1, 0.15) is 0 Å². The molecule has 1 aromatic rings. The summed E-state index contributed by atoms with van der Waals surface area (Å²) in [7, 11) is 0. The molecule has 1 nitrogen and oxygen atoms in total. The molecule has 52 valence electrons. The number of nitriles is 1. The van der Waals surface area contributed by atoms with Crippen LogP contribution in [-0.2, 0) is 13.9 Å². The zero-order valence-electron chi connectivity index (χ0n) is 4.89. The summed E-state index contributed by atoms with van der Waals surface area (Å²) in [5, 5.41) is 10.5. The average Bonchev–Trinajstić information content (AvgIpc) is 2.37. The van der Waals surface area contributed by atoms with Gasteiger partial charge >= 0.3 is 62.6 Å². The Hall–Kier alpha value is -0.291. The fourth-order valence-electron chi connectivity index (χ4n) is 0.408. The molecule has 0 unspecified atom stereocenters. The van der Waals surface area contributed by atoms with E-state index >= 15 is 0 Å². The molecule has 3 heteroatoms.